The van der Waals surface area contributed by atoms with Gasteiger partial charge in [0, 0.05) is 12.5 Å². The first-order valence-corrected chi connectivity index (χ1v) is 11.9. The van der Waals surface area contributed by atoms with Crippen LogP contribution in [0.15, 0.2) is 48.5 Å². The number of carbonyl (C=O) groups excluding carboxylic acids is 3. The van der Waals surface area contributed by atoms with Crippen LogP contribution in [0.4, 0.5) is 11.4 Å². The molecular formula is C28H27N5O3. The highest BCUT2D eigenvalue weighted by molar-refractivity contribution is 6.11. The molecule has 3 amide bonds. The number of benzene rings is 3. The summed E-state index contributed by atoms with van der Waals surface area (Å²) in [5.41, 5.74) is 3.97. The first kappa shape index (κ1) is 23.5. The monoisotopic (exact) mass is 481 g/mol. The molecule has 2 aliphatic heterocycles. The van der Waals surface area contributed by atoms with Crippen LogP contribution in [-0.4, -0.2) is 42.9 Å². The van der Waals surface area contributed by atoms with Crippen LogP contribution >= 0.6 is 0 Å². The summed E-state index contributed by atoms with van der Waals surface area (Å²) >= 11 is 0. The number of likely N-dealkylation sites (N-methyl/N-ethyl adjacent to an activating group) is 1. The summed E-state index contributed by atoms with van der Waals surface area (Å²) in [5.74, 6) is -0.921. The molecule has 8 heteroatoms. The van der Waals surface area contributed by atoms with Gasteiger partial charge >= 0.3 is 0 Å². The Morgan fingerprint density at radius 3 is 2.56 bits per heavy atom. The average Bonchev–Trinajstić information content (AvgIpc) is 3.07. The van der Waals surface area contributed by atoms with Crippen molar-refractivity contribution in [3.05, 3.63) is 59.7 Å². The van der Waals surface area contributed by atoms with E-state index < -0.39 is 18.1 Å². The largest absolute Gasteiger partial charge is 0.341 e. The zero-order valence-electron chi connectivity index (χ0n) is 20.6. The SMILES string of the molecule is CN[C@@H](C)C(=O)NC1C(=O)N2Cc3c(ccc4ccccc34)-c3cc2c(cc3C#N)N(C(C)=O)[C@H]1C. The number of rotatable bonds is 3. The highest BCUT2D eigenvalue weighted by Gasteiger charge is 2.43. The maximum Gasteiger partial charge on any atom is 0.252 e. The first-order chi connectivity index (χ1) is 17.3. The van der Waals surface area contributed by atoms with Crippen LogP contribution in [-0.2, 0) is 20.9 Å². The van der Waals surface area contributed by atoms with Crippen LogP contribution < -0.4 is 20.4 Å². The predicted molar refractivity (Wildman–Crippen MR) is 138 cm³/mol. The molecule has 2 bridgehead atoms. The summed E-state index contributed by atoms with van der Waals surface area (Å²) in [7, 11) is 1.67. The normalized spacial score (nSPS) is 19.1. The van der Waals surface area contributed by atoms with E-state index in [1.165, 1.54) is 11.8 Å². The summed E-state index contributed by atoms with van der Waals surface area (Å²) in [5, 5.41) is 17.8. The Labute approximate surface area is 209 Å². The van der Waals surface area contributed by atoms with Gasteiger partial charge in [0.15, 0.2) is 0 Å². The van der Waals surface area contributed by atoms with Gasteiger partial charge in [0.25, 0.3) is 5.91 Å². The van der Waals surface area contributed by atoms with E-state index >= 15 is 0 Å². The molecular weight excluding hydrogens is 454 g/mol. The third-order valence-corrected chi connectivity index (χ3v) is 7.32. The Bertz CT molecular complexity index is 1470. The van der Waals surface area contributed by atoms with Crippen molar-refractivity contribution in [3.8, 4) is 17.2 Å². The molecule has 36 heavy (non-hydrogen) atoms. The van der Waals surface area contributed by atoms with Gasteiger partial charge in [-0.25, -0.2) is 0 Å². The Morgan fingerprint density at radius 1 is 1.11 bits per heavy atom. The Hall–Kier alpha value is -4.22. The van der Waals surface area contributed by atoms with E-state index in [4.69, 9.17) is 0 Å². The molecule has 0 fully saturated rings. The molecule has 1 unspecified atom stereocenters. The standard InChI is InChI=1S/C28H27N5O3/c1-15(30-4)27(35)31-26-16(2)33(17(3)34)25-11-19(13-29)22-12-24(25)32(28(26)36)14-23-20-8-6-5-7-18(20)9-10-21(22)23/h5-12,15-16,26,30H,14H2,1-4H3,(H,31,35)/t15-,16-,26?/m0/s1. The van der Waals surface area contributed by atoms with Crippen molar-refractivity contribution >= 4 is 39.9 Å². The fourth-order valence-electron chi connectivity index (χ4n) is 5.29. The molecule has 3 aromatic carbocycles. The lowest BCUT2D eigenvalue weighted by Crippen LogP contribution is -2.59. The predicted octanol–water partition coefficient (Wildman–Crippen LogP) is 3.07. The molecule has 0 saturated heterocycles. The van der Waals surface area contributed by atoms with Gasteiger partial charge in [0.2, 0.25) is 11.8 Å². The molecule has 5 rings (SSSR count). The molecule has 2 aliphatic rings. The Balaban J connectivity index is 1.77. The second-order valence-electron chi connectivity index (χ2n) is 9.36. The van der Waals surface area contributed by atoms with Gasteiger partial charge < -0.3 is 20.4 Å². The van der Waals surface area contributed by atoms with Gasteiger partial charge in [-0.15, -0.1) is 0 Å². The number of carbonyl (C=O) groups is 3. The number of nitrogens with one attached hydrogen (secondary N) is 2. The zero-order valence-corrected chi connectivity index (χ0v) is 20.6. The average molecular weight is 482 g/mol. The van der Waals surface area contributed by atoms with Crippen molar-refractivity contribution in [2.75, 3.05) is 16.8 Å². The van der Waals surface area contributed by atoms with E-state index in [-0.39, 0.29) is 24.3 Å². The van der Waals surface area contributed by atoms with Gasteiger partial charge in [0.1, 0.15) is 6.04 Å². The van der Waals surface area contributed by atoms with Crippen LogP contribution in [0.3, 0.4) is 0 Å². The van der Waals surface area contributed by atoms with Gasteiger partial charge in [0.05, 0.1) is 41.6 Å². The maximum atomic E-state index is 14.1. The van der Waals surface area contributed by atoms with E-state index in [0.717, 1.165) is 27.5 Å². The fourth-order valence-corrected chi connectivity index (χ4v) is 5.29. The van der Waals surface area contributed by atoms with Gasteiger partial charge in [-0.2, -0.15) is 5.26 Å². The fraction of sp³-hybridized carbons (Fsp3) is 0.286. The minimum atomic E-state index is -0.977. The van der Waals surface area contributed by atoms with Crippen molar-refractivity contribution < 1.29 is 14.4 Å². The van der Waals surface area contributed by atoms with E-state index in [1.807, 2.05) is 42.5 Å². The van der Waals surface area contributed by atoms with Gasteiger partial charge in [-0.05, 0) is 54.9 Å². The summed E-state index contributed by atoms with van der Waals surface area (Å²) in [6.45, 7) is 5.12. The number of fused-ring (bicyclic) bond motifs is 5. The minimum absolute atomic E-state index is 0.243. The number of hydrogen-bond donors (Lipinski definition) is 2. The first-order valence-electron chi connectivity index (χ1n) is 11.9. The second-order valence-corrected chi connectivity index (χ2v) is 9.36. The highest BCUT2D eigenvalue weighted by atomic mass is 16.2. The minimum Gasteiger partial charge on any atom is -0.341 e. The molecule has 0 spiro atoms. The molecule has 3 atom stereocenters. The van der Waals surface area contributed by atoms with E-state index in [2.05, 4.69) is 16.7 Å². The van der Waals surface area contributed by atoms with E-state index in [1.54, 1.807) is 31.9 Å². The lowest BCUT2D eigenvalue weighted by atomic mass is 9.92. The Kier molecular flexibility index (Phi) is 5.73. The number of nitrogens with zero attached hydrogens (tertiary/aromatic N) is 3. The molecule has 0 saturated carbocycles. The van der Waals surface area contributed by atoms with Crippen molar-refractivity contribution in [2.45, 2.75) is 45.4 Å². The molecule has 2 N–H and O–H groups in total. The quantitative estimate of drug-likeness (QED) is 0.598. The molecule has 3 aromatic rings. The molecule has 0 radical (unpaired) electrons. The number of anilines is 2. The topological polar surface area (TPSA) is 106 Å². The third kappa shape index (κ3) is 3.51. The molecule has 0 aliphatic carbocycles. The van der Waals surface area contributed by atoms with Crippen LogP contribution in [0.25, 0.3) is 21.9 Å². The highest BCUT2D eigenvalue weighted by Crippen LogP contribution is 2.46. The molecule has 2 heterocycles. The molecule has 0 aromatic heterocycles. The van der Waals surface area contributed by atoms with Crippen molar-refractivity contribution in [2.24, 2.45) is 0 Å². The number of amides is 3. The summed E-state index contributed by atoms with van der Waals surface area (Å²) < 4.78 is 0. The van der Waals surface area contributed by atoms with Crippen LogP contribution in [0, 0.1) is 11.3 Å². The summed E-state index contributed by atoms with van der Waals surface area (Å²) in [6.07, 6.45) is 0. The van der Waals surface area contributed by atoms with Crippen molar-refractivity contribution in [3.63, 3.8) is 0 Å². The smallest absolute Gasteiger partial charge is 0.252 e. The molecule has 8 nitrogen and oxygen atoms in total. The van der Waals surface area contributed by atoms with Crippen molar-refractivity contribution in [1.82, 2.24) is 10.6 Å². The third-order valence-electron chi connectivity index (χ3n) is 7.32. The molecule has 182 valence electrons. The van der Waals surface area contributed by atoms with Gasteiger partial charge in [-0.1, -0.05) is 36.4 Å². The van der Waals surface area contributed by atoms with Crippen LogP contribution in [0.2, 0.25) is 0 Å². The van der Waals surface area contributed by atoms with Gasteiger partial charge in [-0.3, -0.25) is 14.4 Å². The summed E-state index contributed by atoms with van der Waals surface area (Å²) in [6, 6.07) is 15.6. The lowest BCUT2D eigenvalue weighted by molar-refractivity contribution is -0.129. The zero-order chi connectivity index (χ0) is 25.7. The van der Waals surface area contributed by atoms with Crippen LogP contribution in [0.5, 0.6) is 0 Å². The second kappa shape index (κ2) is 8.77. The summed E-state index contributed by atoms with van der Waals surface area (Å²) in [4.78, 5) is 43.1. The lowest BCUT2D eigenvalue weighted by Gasteiger charge is -2.32. The van der Waals surface area contributed by atoms with E-state index in [9.17, 15) is 19.6 Å². The Morgan fingerprint density at radius 2 is 1.86 bits per heavy atom. The van der Waals surface area contributed by atoms with Crippen molar-refractivity contribution in [1.29, 1.82) is 5.26 Å². The van der Waals surface area contributed by atoms with Crippen LogP contribution in [0.1, 0.15) is 31.9 Å². The maximum absolute atomic E-state index is 14.1. The van der Waals surface area contributed by atoms with E-state index in [0.29, 0.717) is 16.9 Å². The number of nitriles is 1. The number of hydrogen-bond acceptors (Lipinski definition) is 5.